The lowest BCUT2D eigenvalue weighted by Gasteiger charge is -2.14. The van der Waals surface area contributed by atoms with E-state index in [9.17, 15) is 20.0 Å². The van der Waals surface area contributed by atoms with Crippen LogP contribution in [0.15, 0.2) is 60.7 Å². The van der Waals surface area contributed by atoms with E-state index in [1.54, 1.807) is 24.3 Å². The fourth-order valence-electron chi connectivity index (χ4n) is 2.38. The molecule has 0 fully saturated rings. The highest BCUT2D eigenvalue weighted by atomic mass is 35.5. The molecule has 0 radical (unpaired) electrons. The van der Waals surface area contributed by atoms with Gasteiger partial charge in [-0.25, -0.2) is 0 Å². The minimum absolute atomic E-state index is 0.0723. The molecule has 3 aromatic carbocycles. The maximum Gasteiger partial charge on any atom is 0.311 e. The van der Waals surface area contributed by atoms with Gasteiger partial charge in [0, 0.05) is 17.2 Å². The molecular weight excluding hydrogens is 437 g/mol. The molecule has 0 heterocycles. The summed E-state index contributed by atoms with van der Waals surface area (Å²) >= 11 is 12.0. The fourth-order valence-corrected chi connectivity index (χ4v) is 2.83. The van der Waals surface area contributed by atoms with Crippen LogP contribution in [0.25, 0.3) is 0 Å². The highest BCUT2D eigenvalue weighted by molar-refractivity contribution is 6.35. The topological polar surface area (TPSA) is 111 Å². The van der Waals surface area contributed by atoms with E-state index in [1.807, 2.05) is 0 Å². The van der Waals surface area contributed by atoms with Crippen LogP contribution in [0.3, 0.4) is 0 Å². The third-order valence-corrected chi connectivity index (χ3v) is 4.19. The fraction of sp³-hybridized carbons (Fsp3) is 0.0500. The minimum Gasteiger partial charge on any atom is -0.546 e. The van der Waals surface area contributed by atoms with E-state index < -0.39 is 17.5 Å². The van der Waals surface area contributed by atoms with Gasteiger partial charge in [-0.3, -0.25) is 10.1 Å². The lowest BCUT2D eigenvalue weighted by molar-refractivity contribution is -0.385. The van der Waals surface area contributed by atoms with Gasteiger partial charge in [0.25, 0.3) is 0 Å². The van der Waals surface area contributed by atoms with E-state index in [2.05, 4.69) is 0 Å². The molecule has 8 nitrogen and oxygen atoms in total. The van der Waals surface area contributed by atoms with Crippen LogP contribution in [0.4, 0.5) is 5.69 Å². The first-order valence-corrected chi connectivity index (χ1v) is 9.10. The molecule has 0 aliphatic carbocycles. The zero-order chi connectivity index (χ0) is 21.7. The molecule has 30 heavy (non-hydrogen) atoms. The molecule has 0 saturated carbocycles. The van der Waals surface area contributed by atoms with Crippen LogP contribution in [0, 0.1) is 10.1 Å². The van der Waals surface area contributed by atoms with Gasteiger partial charge < -0.3 is 24.1 Å². The van der Waals surface area contributed by atoms with Crippen LogP contribution >= 0.6 is 23.2 Å². The molecule has 0 aromatic heterocycles. The Labute approximate surface area is 180 Å². The number of carboxylic acids is 1. The van der Waals surface area contributed by atoms with Gasteiger partial charge in [0.1, 0.15) is 18.1 Å². The van der Waals surface area contributed by atoms with Crippen molar-refractivity contribution in [3.63, 3.8) is 0 Å². The first-order chi connectivity index (χ1) is 14.3. The van der Waals surface area contributed by atoms with Crippen LogP contribution in [0.5, 0.6) is 28.7 Å². The van der Waals surface area contributed by atoms with Crippen LogP contribution in [-0.4, -0.2) is 17.5 Å². The zero-order valence-electron chi connectivity index (χ0n) is 15.0. The third kappa shape index (κ3) is 5.31. The van der Waals surface area contributed by atoms with E-state index in [-0.39, 0.29) is 33.7 Å². The van der Waals surface area contributed by atoms with Crippen LogP contribution in [0.1, 0.15) is 0 Å². The summed E-state index contributed by atoms with van der Waals surface area (Å²) in [6.45, 7) is -0.708. The lowest BCUT2D eigenvalue weighted by atomic mass is 10.2. The van der Waals surface area contributed by atoms with Gasteiger partial charge in [-0.1, -0.05) is 35.3 Å². The van der Waals surface area contributed by atoms with Crippen LogP contribution in [-0.2, 0) is 4.79 Å². The maximum absolute atomic E-state index is 11.4. The van der Waals surface area contributed by atoms with Crippen molar-refractivity contribution in [2.24, 2.45) is 0 Å². The van der Waals surface area contributed by atoms with Crippen LogP contribution in [0.2, 0.25) is 10.0 Å². The number of ether oxygens (including phenoxy) is 3. The van der Waals surface area contributed by atoms with E-state index in [0.717, 1.165) is 0 Å². The average molecular weight is 449 g/mol. The Bertz CT molecular complexity index is 1100. The number of halogens is 2. The number of nitrogens with zero attached hydrogens (tertiary/aromatic N) is 1. The number of hydrogen-bond donors (Lipinski definition) is 0. The summed E-state index contributed by atoms with van der Waals surface area (Å²) in [6, 6.07) is 14.6. The summed E-state index contributed by atoms with van der Waals surface area (Å²) in [4.78, 5) is 21.4. The number of carbonyl (C=O) groups is 1. The van der Waals surface area contributed by atoms with Crippen LogP contribution < -0.4 is 19.3 Å². The number of nitro benzene ring substituents is 1. The number of benzene rings is 3. The van der Waals surface area contributed by atoms with Crippen molar-refractivity contribution in [2.45, 2.75) is 0 Å². The molecule has 0 atom stereocenters. The quantitative estimate of drug-likeness (QED) is 0.365. The second kappa shape index (κ2) is 9.34. The molecule has 0 aliphatic heterocycles. The van der Waals surface area contributed by atoms with Gasteiger partial charge in [-0.15, -0.1) is 0 Å². The van der Waals surface area contributed by atoms with E-state index >= 15 is 0 Å². The summed E-state index contributed by atoms with van der Waals surface area (Å²) < 4.78 is 16.4. The van der Waals surface area contributed by atoms with Gasteiger partial charge in [-0.2, -0.15) is 0 Å². The van der Waals surface area contributed by atoms with Crippen molar-refractivity contribution in [3.8, 4) is 28.7 Å². The molecule has 0 bridgehead atoms. The van der Waals surface area contributed by atoms with Gasteiger partial charge in [-0.05, 0) is 36.4 Å². The molecule has 0 saturated heterocycles. The normalized spacial score (nSPS) is 10.3. The summed E-state index contributed by atoms with van der Waals surface area (Å²) in [5.41, 5.74) is -0.334. The Kier molecular flexibility index (Phi) is 6.61. The van der Waals surface area contributed by atoms with E-state index in [1.165, 1.54) is 36.4 Å². The maximum atomic E-state index is 11.4. The van der Waals surface area contributed by atoms with Crippen molar-refractivity contribution >= 4 is 34.9 Å². The number of aliphatic carboxylic acids is 1. The van der Waals surface area contributed by atoms with Gasteiger partial charge in [0.05, 0.1) is 15.9 Å². The summed E-state index contributed by atoms with van der Waals surface area (Å²) in [5.74, 6) is -0.920. The Morgan fingerprint density at radius 1 is 0.900 bits per heavy atom. The molecule has 0 aliphatic rings. The van der Waals surface area contributed by atoms with Crippen molar-refractivity contribution < 1.29 is 29.0 Å². The monoisotopic (exact) mass is 448 g/mol. The molecule has 0 N–H and O–H groups in total. The minimum atomic E-state index is -1.42. The number of carbonyl (C=O) groups excluding carboxylic acids is 1. The molecule has 154 valence electrons. The number of carboxylic acid groups (broad SMARTS) is 1. The second-order valence-electron chi connectivity index (χ2n) is 5.77. The van der Waals surface area contributed by atoms with Crippen molar-refractivity contribution in [3.05, 3.63) is 80.8 Å². The smallest absolute Gasteiger partial charge is 0.311 e. The van der Waals surface area contributed by atoms with Crippen molar-refractivity contribution in [1.82, 2.24) is 0 Å². The first-order valence-electron chi connectivity index (χ1n) is 8.34. The summed E-state index contributed by atoms with van der Waals surface area (Å²) in [5, 5.41) is 22.7. The highest BCUT2D eigenvalue weighted by Gasteiger charge is 2.19. The van der Waals surface area contributed by atoms with Gasteiger partial charge in [0.2, 0.25) is 5.75 Å². The SMILES string of the molecule is O=C([O-])COc1ccccc1Oc1cc(Oc2ccc(Cl)cc2Cl)ccc1[N+](=O)[O-]. The largest absolute Gasteiger partial charge is 0.546 e. The zero-order valence-corrected chi connectivity index (χ0v) is 16.6. The molecular formula is C20H12Cl2NO7-. The Morgan fingerprint density at radius 3 is 2.30 bits per heavy atom. The first kappa shape index (κ1) is 21.2. The number of hydrogen-bond acceptors (Lipinski definition) is 7. The number of rotatable bonds is 8. The number of nitro groups is 1. The summed E-state index contributed by atoms with van der Waals surface area (Å²) in [7, 11) is 0. The van der Waals surface area contributed by atoms with Gasteiger partial charge >= 0.3 is 5.69 Å². The molecule has 3 aromatic rings. The Hall–Kier alpha value is -3.49. The number of para-hydroxylation sites is 2. The average Bonchev–Trinajstić information content (AvgIpc) is 2.69. The highest BCUT2D eigenvalue weighted by Crippen LogP contribution is 2.40. The van der Waals surface area contributed by atoms with E-state index in [0.29, 0.717) is 10.8 Å². The van der Waals surface area contributed by atoms with Crippen molar-refractivity contribution in [2.75, 3.05) is 6.61 Å². The summed E-state index contributed by atoms with van der Waals surface area (Å²) in [6.07, 6.45) is 0. The standard InChI is InChI=1S/C20H13Cl2NO7/c21-12-5-8-16(14(22)9-12)29-13-6-7-15(23(26)27)19(10-13)30-18-4-2-1-3-17(18)28-11-20(24)25/h1-10H,11H2,(H,24,25)/p-1. The predicted molar refractivity (Wildman–Crippen MR) is 107 cm³/mol. The molecule has 3 rings (SSSR count). The van der Waals surface area contributed by atoms with Gasteiger partial charge in [0.15, 0.2) is 11.5 Å². The molecule has 0 spiro atoms. The third-order valence-electron chi connectivity index (χ3n) is 3.66. The Balaban J connectivity index is 1.93. The molecule has 0 unspecified atom stereocenters. The van der Waals surface area contributed by atoms with Crippen molar-refractivity contribution in [1.29, 1.82) is 0 Å². The van der Waals surface area contributed by atoms with E-state index in [4.69, 9.17) is 37.4 Å². The predicted octanol–water partition coefficient (Wildman–Crippen LogP) is 4.61. The Morgan fingerprint density at radius 2 is 1.63 bits per heavy atom. The molecule has 0 amide bonds. The molecule has 10 heteroatoms. The lowest BCUT2D eigenvalue weighted by Crippen LogP contribution is -2.29. The second-order valence-corrected chi connectivity index (χ2v) is 6.62.